The average molecular weight is 315 g/mol. The lowest BCUT2D eigenvalue weighted by Crippen LogP contribution is -2.42. The molecule has 5 heteroatoms. The molecule has 1 aliphatic heterocycles. The first-order chi connectivity index (χ1) is 10.9. The monoisotopic (exact) mass is 315 g/mol. The predicted molar refractivity (Wildman–Crippen MR) is 90.2 cm³/mol. The van der Waals surface area contributed by atoms with Crippen LogP contribution in [0.2, 0.25) is 0 Å². The number of nitrogens with zero attached hydrogens (tertiary/aromatic N) is 2. The molecule has 1 aromatic carbocycles. The zero-order valence-electron chi connectivity index (χ0n) is 14.1. The topological polar surface area (TPSA) is 65.4 Å². The zero-order valence-corrected chi connectivity index (χ0v) is 14.1. The molecule has 0 spiro atoms. The first-order valence-corrected chi connectivity index (χ1v) is 8.09. The number of rotatable bonds is 3. The Bertz CT molecular complexity index is 561. The summed E-state index contributed by atoms with van der Waals surface area (Å²) in [4.78, 5) is 13.8. The molecule has 0 radical (unpaired) electrons. The van der Waals surface area contributed by atoms with E-state index in [4.69, 9.17) is 10.00 Å². The van der Waals surface area contributed by atoms with E-state index in [0.717, 1.165) is 38.2 Å². The molecule has 1 amide bonds. The average Bonchev–Trinajstić information content (AvgIpc) is 2.52. The van der Waals surface area contributed by atoms with E-state index >= 15 is 0 Å². The number of anilines is 1. The Labute approximate surface area is 138 Å². The summed E-state index contributed by atoms with van der Waals surface area (Å²) in [6.45, 7) is 8.04. The summed E-state index contributed by atoms with van der Waals surface area (Å²) in [7, 11) is 0. The SMILES string of the molecule is CC(C)(C)OC(=O)N1CCC(CNc2ccc(C#N)cc2)CC1. The summed E-state index contributed by atoms with van der Waals surface area (Å²) in [6, 6.07) is 9.59. The van der Waals surface area contributed by atoms with Crippen molar-refractivity contribution in [3.05, 3.63) is 29.8 Å². The highest BCUT2D eigenvalue weighted by molar-refractivity contribution is 5.68. The molecule has 0 bridgehead atoms. The predicted octanol–water partition coefficient (Wildman–Crippen LogP) is 3.62. The van der Waals surface area contributed by atoms with Crippen molar-refractivity contribution in [2.45, 2.75) is 39.2 Å². The van der Waals surface area contributed by atoms with E-state index in [2.05, 4.69) is 11.4 Å². The van der Waals surface area contributed by atoms with Crippen molar-refractivity contribution < 1.29 is 9.53 Å². The second-order valence-electron chi connectivity index (χ2n) is 6.98. The molecule has 0 saturated carbocycles. The maximum atomic E-state index is 12.0. The standard InChI is InChI=1S/C18H25N3O2/c1-18(2,3)23-17(22)21-10-8-15(9-11-21)13-20-16-6-4-14(12-19)5-7-16/h4-7,15,20H,8-11,13H2,1-3H3. The van der Waals surface area contributed by atoms with Crippen LogP contribution >= 0.6 is 0 Å². The quantitative estimate of drug-likeness (QED) is 0.925. The Morgan fingerprint density at radius 1 is 1.30 bits per heavy atom. The molecule has 1 aromatic rings. The molecule has 5 nitrogen and oxygen atoms in total. The van der Waals surface area contributed by atoms with Crippen molar-refractivity contribution in [3.63, 3.8) is 0 Å². The highest BCUT2D eigenvalue weighted by atomic mass is 16.6. The van der Waals surface area contributed by atoms with Crippen LogP contribution in [0, 0.1) is 17.2 Å². The van der Waals surface area contributed by atoms with Crippen LogP contribution in [0.5, 0.6) is 0 Å². The van der Waals surface area contributed by atoms with Crippen LogP contribution in [-0.4, -0.2) is 36.2 Å². The maximum Gasteiger partial charge on any atom is 0.410 e. The van der Waals surface area contributed by atoms with Gasteiger partial charge in [0, 0.05) is 25.3 Å². The molecule has 0 atom stereocenters. The Balaban J connectivity index is 1.74. The minimum Gasteiger partial charge on any atom is -0.444 e. The van der Waals surface area contributed by atoms with E-state index in [1.807, 2.05) is 45.0 Å². The van der Waals surface area contributed by atoms with E-state index < -0.39 is 5.60 Å². The van der Waals surface area contributed by atoms with Crippen LogP contribution in [0.15, 0.2) is 24.3 Å². The van der Waals surface area contributed by atoms with E-state index in [0.29, 0.717) is 11.5 Å². The van der Waals surface area contributed by atoms with Gasteiger partial charge in [-0.05, 0) is 63.8 Å². The number of amides is 1. The van der Waals surface area contributed by atoms with E-state index in [9.17, 15) is 4.79 Å². The fraction of sp³-hybridized carbons (Fsp3) is 0.556. The van der Waals surface area contributed by atoms with Gasteiger partial charge in [-0.25, -0.2) is 4.79 Å². The number of carbonyl (C=O) groups is 1. The zero-order chi connectivity index (χ0) is 16.9. The number of hydrogen-bond donors (Lipinski definition) is 1. The molecule has 0 aliphatic carbocycles. The first-order valence-electron chi connectivity index (χ1n) is 8.09. The Morgan fingerprint density at radius 2 is 1.91 bits per heavy atom. The number of ether oxygens (including phenoxy) is 1. The van der Waals surface area contributed by atoms with Crippen LogP contribution in [0.4, 0.5) is 10.5 Å². The van der Waals surface area contributed by atoms with Crippen molar-refractivity contribution >= 4 is 11.8 Å². The van der Waals surface area contributed by atoms with Gasteiger partial charge in [-0.1, -0.05) is 0 Å². The third-order valence-corrected chi connectivity index (χ3v) is 3.88. The van der Waals surface area contributed by atoms with Gasteiger partial charge in [-0.3, -0.25) is 0 Å². The number of carbonyl (C=O) groups excluding carboxylic acids is 1. The summed E-state index contributed by atoms with van der Waals surface area (Å²) < 4.78 is 5.41. The maximum absolute atomic E-state index is 12.0. The Morgan fingerprint density at radius 3 is 2.43 bits per heavy atom. The molecule has 2 rings (SSSR count). The molecule has 0 unspecified atom stereocenters. The third-order valence-electron chi connectivity index (χ3n) is 3.88. The van der Waals surface area contributed by atoms with Crippen molar-refractivity contribution in [1.29, 1.82) is 5.26 Å². The summed E-state index contributed by atoms with van der Waals surface area (Å²) in [6.07, 6.45) is 1.74. The van der Waals surface area contributed by atoms with Crippen LogP contribution in [-0.2, 0) is 4.74 Å². The molecule has 1 N–H and O–H groups in total. The van der Waals surface area contributed by atoms with Gasteiger partial charge in [0.15, 0.2) is 0 Å². The van der Waals surface area contributed by atoms with E-state index in [1.165, 1.54) is 0 Å². The fourth-order valence-electron chi connectivity index (χ4n) is 2.57. The minimum absolute atomic E-state index is 0.212. The normalized spacial score (nSPS) is 15.8. The molecule has 124 valence electrons. The Kier molecular flexibility index (Phi) is 5.49. The molecular formula is C18H25N3O2. The number of nitrogens with one attached hydrogen (secondary N) is 1. The van der Waals surface area contributed by atoms with E-state index in [1.54, 1.807) is 4.90 Å². The second-order valence-corrected chi connectivity index (χ2v) is 6.98. The van der Waals surface area contributed by atoms with Crippen LogP contribution in [0.25, 0.3) is 0 Å². The molecule has 1 heterocycles. The van der Waals surface area contributed by atoms with Crippen molar-refractivity contribution in [2.24, 2.45) is 5.92 Å². The Hall–Kier alpha value is -2.22. The van der Waals surface area contributed by atoms with Gasteiger partial charge in [0.05, 0.1) is 11.6 Å². The second kappa shape index (κ2) is 7.36. The van der Waals surface area contributed by atoms with Gasteiger partial charge >= 0.3 is 6.09 Å². The molecule has 23 heavy (non-hydrogen) atoms. The first kappa shape index (κ1) is 17.1. The lowest BCUT2D eigenvalue weighted by Gasteiger charge is -2.33. The fourth-order valence-corrected chi connectivity index (χ4v) is 2.57. The third kappa shape index (κ3) is 5.48. The van der Waals surface area contributed by atoms with Gasteiger partial charge in [0.1, 0.15) is 5.60 Å². The lowest BCUT2D eigenvalue weighted by molar-refractivity contribution is 0.0188. The molecule has 1 saturated heterocycles. The van der Waals surface area contributed by atoms with Crippen molar-refractivity contribution in [2.75, 3.05) is 25.0 Å². The number of hydrogen-bond acceptors (Lipinski definition) is 4. The summed E-state index contributed by atoms with van der Waals surface area (Å²) in [5, 5.41) is 12.2. The highest BCUT2D eigenvalue weighted by Gasteiger charge is 2.26. The van der Waals surface area contributed by atoms with Crippen molar-refractivity contribution in [3.8, 4) is 6.07 Å². The van der Waals surface area contributed by atoms with E-state index in [-0.39, 0.29) is 6.09 Å². The highest BCUT2D eigenvalue weighted by Crippen LogP contribution is 2.20. The van der Waals surface area contributed by atoms with Gasteiger partial charge in [0.25, 0.3) is 0 Å². The molecule has 1 fully saturated rings. The van der Waals surface area contributed by atoms with Crippen molar-refractivity contribution in [1.82, 2.24) is 4.90 Å². The lowest BCUT2D eigenvalue weighted by atomic mass is 9.97. The molecule has 1 aliphatic rings. The number of piperidine rings is 1. The summed E-state index contributed by atoms with van der Waals surface area (Å²) in [5.41, 5.74) is 1.25. The van der Waals surface area contributed by atoms with Gasteiger partial charge in [0.2, 0.25) is 0 Å². The van der Waals surface area contributed by atoms with Crippen LogP contribution < -0.4 is 5.32 Å². The summed E-state index contributed by atoms with van der Waals surface area (Å²) >= 11 is 0. The number of likely N-dealkylation sites (tertiary alicyclic amines) is 1. The smallest absolute Gasteiger partial charge is 0.410 e. The molecule has 0 aromatic heterocycles. The van der Waals surface area contributed by atoms with Gasteiger partial charge < -0.3 is 15.0 Å². The molecular weight excluding hydrogens is 290 g/mol. The largest absolute Gasteiger partial charge is 0.444 e. The number of benzene rings is 1. The summed E-state index contributed by atoms with van der Waals surface area (Å²) in [5.74, 6) is 0.546. The minimum atomic E-state index is -0.439. The number of nitriles is 1. The van der Waals surface area contributed by atoms with Crippen LogP contribution in [0.3, 0.4) is 0 Å². The van der Waals surface area contributed by atoms with Gasteiger partial charge in [-0.2, -0.15) is 5.26 Å². The van der Waals surface area contributed by atoms with Crippen LogP contribution in [0.1, 0.15) is 39.2 Å². The van der Waals surface area contributed by atoms with Gasteiger partial charge in [-0.15, -0.1) is 0 Å².